The van der Waals surface area contributed by atoms with Crippen molar-refractivity contribution in [1.29, 1.82) is 5.26 Å². The van der Waals surface area contributed by atoms with Crippen LogP contribution in [0.15, 0.2) is 48.0 Å². The molecule has 2 aromatic carbocycles. The summed E-state index contributed by atoms with van der Waals surface area (Å²) in [5.74, 6) is -1.25. The highest BCUT2D eigenvalue weighted by Crippen LogP contribution is 2.31. The number of nitriles is 1. The number of nitrogens with zero attached hydrogens (tertiary/aromatic N) is 1. The van der Waals surface area contributed by atoms with Gasteiger partial charge in [-0.15, -0.1) is 0 Å². The summed E-state index contributed by atoms with van der Waals surface area (Å²) in [6, 6.07) is 9.27. The number of nitrogens with one attached hydrogen (secondary N) is 1. The predicted octanol–water partition coefficient (Wildman–Crippen LogP) is 4.86. The van der Waals surface area contributed by atoms with Gasteiger partial charge in [0.05, 0.1) is 12.7 Å². The minimum absolute atomic E-state index is 0.0605. The summed E-state index contributed by atoms with van der Waals surface area (Å²) >= 11 is 0. The maximum Gasteiger partial charge on any atom is 0.416 e. The van der Waals surface area contributed by atoms with Crippen LogP contribution in [0.1, 0.15) is 11.1 Å². The zero-order valence-electron chi connectivity index (χ0n) is 14.8. The maximum atomic E-state index is 12.8. The lowest BCUT2D eigenvalue weighted by Gasteiger charge is -2.11. The number of benzene rings is 2. The largest absolute Gasteiger partial charge is 0.493 e. The Hall–Kier alpha value is -3.61. The lowest BCUT2D eigenvalue weighted by Crippen LogP contribution is -2.14. The first kappa shape index (κ1) is 21.7. The molecule has 2 aromatic rings. The Labute approximate surface area is 162 Å². The Kier molecular flexibility index (Phi) is 6.77. The molecule has 0 unspecified atom stereocenters. The van der Waals surface area contributed by atoms with E-state index in [0.717, 1.165) is 30.3 Å². The van der Waals surface area contributed by atoms with Crippen LogP contribution in [0.5, 0.6) is 11.5 Å². The quantitative estimate of drug-likeness (QED) is 0.418. The number of amides is 1. The van der Waals surface area contributed by atoms with Crippen LogP contribution >= 0.6 is 0 Å². The van der Waals surface area contributed by atoms with Gasteiger partial charge in [0.1, 0.15) is 11.6 Å². The first-order valence-electron chi connectivity index (χ1n) is 7.87. The standard InChI is InChI=1S/C19H13F5N2O3/c1-28-16-8-11(5-6-15(16)29-18(20)21)7-12(10-25)17(27)26-14-4-2-3-13(9-14)19(22,23)24/h2-9,18H,1H3,(H,26,27). The average Bonchev–Trinajstić information content (AvgIpc) is 2.66. The fourth-order valence-electron chi connectivity index (χ4n) is 2.25. The molecule has 0 spiro atoms. The summed E-state index contributed by atoms with van der Waals surface area (Å²) in [6.45, 7) is -3.07. The van der Waals surface area contributed by atoms with Crippen LogP contribution in [0, 0.1) is 11.3 Å². The second-order valence-electron chi connectivity index (χ2n) is 5.49. The third-order valence-electron chi connectivity index (χ3n) is 3.53. The molecule has 0 atom stereocenters. The monoisotopic (exact) mass is 412 g/mol. The Bertz CT molecular complexity index is 965. The third-order valence-corrected chi connectivity index (χ3v) is 3.53. The number of carbonyl (C=O) groups is 1. The van der Waals surface area contributed by atoms with Gasteiger partial charge in [0.25, 0.3) is 5.91 Å². The fraction of sp³-hybridized carbons (Fsp3) is 0.158. The van der Waals surface area contributed by atoms with Crippen molar-refractivity contribution < 1.29 is 36.2 Å². The first-order chi connectivity index (χ1) is 13.6. The normalized spacial score (nSPS) is 11.7. The molecule has 29 heavy (non-hydrogen) atoms. The summed E-state index contributed by atoms with van der Waals surface area (Å²) in [4.78, 5) is 12.2. The van der Waals surface area contributed by atoms with Crippen LogP contribution in [0.2, 0.25) is 0 Å². The minimum Gasteiger partial charge on any atom is -0.493 e. The van der Waals surface area contributed by atoms with E-state index < -0.39 is 29.8 Å². The SMILES string of the molecule is COc1cc(C=C(C#N)C(=O)Nc2cccc(C(F)(F)F)c2)ccc1OC(F)F. The van der Waals surface area contributed by atoms with Crippen LogP contribution in [0.25, 0.3) is 6.08 Å². The fourth-order valence-corrected chi connectivity index (χ4v) is 2.25. The number of ether oxygens (including phenoxy) is 2. The molecule has 0 aliphatic rings. The molecule has 0 aliphatic heterocycles. The van der Waals surface area contributed by atoms with Crippen molar-refractivity contribution in [2.24, 2.45) is 0 Å². The van der Waals surface area contributed by atoms with Crippen LogP contribution in [0.4, 0.5) is 27.6 Å². The average molecular weight is 412 g/mol. The van der Waals surface area contributed by atoms with E-state index in [-0.39, 0.29) is 22.7 Å². The van der Waals surface area contributed by atoms with Gasteiger partial charge in [-0.1, -0.05) is 12.1 Å². The van der Waals surface area contributed by atoms with E-state index in [0.29, 0.717) is 0 Å². The van der Waals surface area contributed by atoms with E-state index >= 15 is 0 Å². The molecule has 0 bridgehead atoms. The Morgan fingerprint density at radius 3 is 2.48 bits per heavy atom. The molecular weight excluding hydrogens is 399 g/mol. The number of halogens is 5. The van der Waals surface area contributed by atoms with Gasteiger partial charge in [-0.05, 0) is 42.0 Å². The number of carbonyl (C=O) groups excluding carboxylic acids is 1. The summed E-state index contributed by atoms with van der Waals surface area (Å²) in [5.41, 5.74) is -1.28. The molecule has 0 saturated carbocycles. The third kappa shape index (κ3) is 5.93. The van der Waals surface area contributed by atoms with E-state index in [2.05, 4.69) is 10.1 Å². The molecule has 0 radical (unpaired) electrons. The molecule has 0 heterocycles. The van der Waals surface area contributed by atoms with E-state index in [4.69, 9.17) is 4.74 Å². The molecule has 0 aliphatic carbocycles. The van der Waals surface area contributed by atoms with Crippen LogP contribution in [-0.4, -0.2) is 19.6 Å². The van der Waals surface area contributed by atoms with E-state index in [1.54, 1.807) is 6.07 Å². The second-order valence-corrected chi connectivity index (χ2v) is 5.49. The van der Waals surface area contributed by atoms with Crippen LogP contribution in [-0.2, 0) is 11.0 Å². The molecule has 152 valence electrons. The van der Waals surface area contributed by atoms with E-state index in [9.17, 15) is 32.0 Å². The van der Waals surface area contributed by atoms with Crippen LogP contribution in [0.3, 0.4) is 0 Å². The zero-order valence-corrected chi connectivity index (χ0v) is 14.8. The van der Waals surface area contributed by atoms with Gasteiger partial charge >= 0.3 is 12.8 Å². The molecule has 2 rings (SSSR count). The van der Waals surface area contributed by atoms with Gasteiger partial charge in [0.2, 0.25) is 0 Å². The summed E-state index contributed by atoms with van der Waals surface area (Å²) in [6.07, 6.45) is -3.47. The highest BCUT2D eigenvalue weighted by molar-refractivity contribution is 6.09. The number of hydrogen-bond donors (Lipinski definition) is 1. The van der Waals surface area contributed by atoms with Crippen molar-refractivity contribution in [1.82, 2.24) is 0 Å². The Morgan fingerprint density at radius 1 is 1.17 bits per heavy atom. The highest BCUT2D eigenvalue weighted by atomic mass is 19.4. The highest BCUT2D eigenvalue weighted by Gasteiger charge is 2.30. The lowest BCUT2D eigenvalue weighted by molar-refractivity contribution is -0.137. The van der Waals surface area contributed by atoms with E-state index in [1.165, 1.54) is 25.3 Å². The van der Waals surface area contributed by atoms with Crippen molar-refractivity contribution in [3.63, 3.8) is 0 Å². The molecular formula is C19H13F5N2O3. The van der Waals surface area contributed by atoms with Gasteiger partial charge in [0.15, 0.2) is 11.5 Å². The number of methoxy groups -OCH3 is 1. The van der Waals surface area contributed by atoms with Crippen molar-refractivity contribution in [3.8, 4) is 17.6 Å². The maximum absolute atomic E-state index is 12.8. The molecule has 5 nitrogen and oxygen atoms in total. The van der Waals surface area contributed by atoms with Gasteiger partial charge in [-0.3, -0.25) is 4.79 Å². The lowest BCUT2D eigenvalue weighted by atomic mass is 10.1. The second kappa shape index (κ2) is 9.05. The Balaban J connectivity index is 2.26. The molecule has 0 saturated heterocycles. The molecule has 1 amide bonds. The molecule has 10 heteroatoms. The van der Waals surface area contributed by atoms with E-state index in [1.807, 2.05) is 0 Å². The van der Waals surface area contributed by atoms with Crippen LogP contribution < -0.4 is 14.8 Å². The number of rotatable bonds is 6. The Morgan fingerprint density at radius 2 is 1.90 bits per heavy atom. The first-order valence-corrected chi connectivity index (χ1v) is 7.87. The van der Waals surface area contributed by atoms with Gasteiger partial charge in [-0.2, -0.15) is 27.2 Å². The summed E-state index contributed by atoms with van der Waals surface area (Å²) in [7, 11) is 1.21. The minimum atomic E-state index is -4.59. The zero-order chi connectivity index (χ0) is 21.6. The van der Waals surface area contributed by atoms with Crippen molar-refractivity contribution in [2.45, 2.75) is 12.8 Å². The van der Waals surface area contributed by atoms with Gasteiger partial charge in [0, 0.05) is 5.69 Å². The van der Waals surface area contributed by atoms with Crippen molar-refractivity contribution in [3.05, 3.63) is 59.2 Å². The number of hydrogen-bond acceptors (Lipinski definition) is 4. The molecule has 1 N–H and O–H groups in total. The predicted molar refractivity (Wildman–Crippen MR) is 93.3 cm³/mol. The van der Waals surface area contributed by atoms with Gasteiger partial charge in [-0.25, -0.2) is 0 Å². The van der Waals surface area contributed by atoms with Crippen molar-refractivity contribution >= 4 is 17.7 Å². The summed E-state index contributed by atoms with van der Waals surface area (Å²) < 4.78 is 72.2. The van der Waals surface area contributed by atoms with Gasteiger partial charge < -0.3 is 14.8 Å². The number of alkyl halides is 5. The molecule has 0 fully saturated rings. The summed E-state index contributed by atoms with van der Waals surface area (Å²) in [5, 5.41) is 11.4. The number of anilines is 1. The molecule has 0 aromatic heterocycles. The smallest absolute Gasteiger partial charge is 0.416 e. The van der Waals surface area contributed by atoms with Crippen molar-refractivity contribution in [2.75, 3.05) is 12.4 Å². The topological polar surface area (TPSA) is 71.3 Å².